The van der Waals surface area contributed by atoms with E-state index >= 15 is 0 Å². The molecule has 2 aromatic heterocycles. The Balaban J connectivity index is 1.90. The number of hydrogen-bond acceptors (Lipinski definition) is 3. The molecule has 0 bridgehead atoms. The Labute approximate surface area is 139 Å². The number of amides is 1. The van der Waals surface area contributed by atoms with Crippen LogP contribution in [0, 0.1) is 0 Å². The summed E-state index contributed by atoms with van der Waals surface area (Å²) in [6.45, 7) is 2.00. The van der Waals surface area contributed by atoms with Crippen molar-refractivity contribution in [3.8, 4) is 5.82 Å². The van der Waals surface area contributed by atoms with Crippen LogP contribution in [0.4, 0.5) is 5.69 Å². The average molecular weight is 321 g/mol. The van der Waals surface area contributed by atoms with Gasteiger partial charge in [-0.15, -0.1) is 0 Å². The van der Waals surface area contributed by atoms with E-state index in [4.69, 9.17) is 0 Å². The van der Waals surface area contributed by atoms with Crippen molar-refractivity contribution >= 4 is 28.6 Å². The molecule has 1 aromatic carbocycles. The Morgan fingerprint density at radius 2 is 2.25 bits per heavy atom. The molecule has 2 N–H and O–H groups in total. The summed E-state index contributed by atoms with van der Waals surface area (Å²) in [6, 6.07) is 7.91. The zero-order valence-corrected chi connectivity index (χ0v) is 13.5. The number of fused-ring (bicyclic) bond motifs is 1. The lowest BCUT2D eigenvalue weighted by Crippen LogP contribution is -2.23. The number of benzene rings is 1. The summed E-state index contributed by atoms with van der Waals surface area (Å²) in [5, 5.41) is 11.0. The highest BCUT2D eigenvalue weighted by atomic mass is 16.1. The van der Waals surface area contributed by atoms with Crippen molar-refractivity contribution in [1.29, 1.82) is 0 Å². The van der Waals surface area contributed by atoms with Gasteiger partial charge >= 0.3 is 0 Å². The van der Waals surface area contributed by atoms with E-state index in [0.29, 0.717) is 6.41 Å². The number of H-pyrrole nitrogens is 1. The molecule has 24 heavy (non-hydrogen) atoms. The van der Waals surface area contributed by atoms with Gasteiger partial charge in [-0.05, 0) is 37.2 Å². The number of carbonyl (C=O) groups is 1. The molecule has 3 heterocycles. The fourth-order valence-electron chi connectivity index (χ4n) is 3.24. The highest BCUT2D eigenvalue weighted by molar-refractivity contribution is 5.97. The van der Waals surface area contributed by atoms with Gasteiger partial charge in [-0.2, -0.15) is 5.10 Å². The molecule has 6 heteroatoms. The van der Waals surface area contributed by atoms with Crippen LogP contribution in [0.15, 0.2) is 42.7 Å². The second kappa shape index (κ2) is 5.98. The quantitative estimate of drug-likeness (QED) is 0.726. The summed E-state index contributed by atoms with van der Waals surface area (Å²) >= 11 is 0. The second-order valence-corrected chi connectivity index (χ2v) is 6.08. The van der Waals surface area contributed by atoms with Crippen LogP contribution in [0.3, 0.4) is 0 Å². The van der Waals surface area contributed by atoms with Gasteiger partial charge in [0.2, 0.25) is 6.41 Å². The van der Waals surface area contributed by atoms with Crippen LogP contribution in [0.1, 0.15) is 12.0 Å². The van der Waals surface area contributed by atoms with Gasteiger partial charge in [0, 0.05) is 48.2 Å². The van der Waals surface area contributed by atoms with Crippen LogP contribution in [0.2, 0.25) is 0 Å². The Morgan fingerprint density at radius 3 is 2.96 bits per heavy atom. The molecule has 0 saturated heterocycles. The highest BCUT2D eigenvalue weighted by Crippen LogP contribution is 2.33. The van der Waals surface area contributed by atoms with E-state index in [9.17, 15) is 4.79 Å². The second-order valence-electron chi connectivity index (χ2n) is 6.08. The van der Waals surface area contributed by atoms with Crippen molar-refractivity contribution in [3.63, 3.8) is 0 Å². The fraction of sp³-hybridized carbons (Fsp3) is 0.222. The molecular formula is C18H19N5O. The van der Waals surface area contributed by atoms with Gasteiger partial charge in [0.25, 0.3) is 0 Å². The molecule has 0 spiro atoms. The average Bonchev–Trinajstić information content (AvgIpc) is 3.23. The number of aromatic nitrogens is 3. The molecule has 1 amide bonds. The van der Waals surface area contributed by atoms with Crippen LogP contribution in [-0.2, 0) is 4.79 Å². The Morgan fingerprint density at radius 1 is 1.33 bits per heavy atom. The summed E-state index contributed by atoms with van der Waals surface area (Å²) in [6.07, 6.45) is 7.97. The Kier molecular flexibility index (Phi) is 3.66. The van der Waals surface area contributed by atoms with E-state index < -0.39 is 0 Å². The Bertz CT molecular complexity index is 907. The van der Waals surface area contributed by atoms with E-state index in [1.165, 1.54) is 11.1 Å². The van der Waals surface area contributed by atoms with Gasteiger partial charge in [-0.3, -0.25) is 14.5 Å². The maximum Gasteiger partial charge on any atom is 0.211 e. The normalized spacial score (nSPS) is 15.5. The number of rotatable bonds is 4. The zero-order valence-electron chi connectivity index (χ0n) is 13.5. The van der Waals surface area contributed by atoms with Crippen molar-refractivity contribution in [2.45, 2.75) is 6.42 Å². The number of nitrogens with zero attached hydrogens (tertiary/aromatic N) is 3. The van der Waals surface area contributed by atoms with E-state index in [1.54, 1.807) is 0 Å². The molecule has 0 saturated carbocycles. The molecule has 3 aromatic rings. The first-order valence-electron chi connectivity index (χ1n) is 7.99. The predicted molar refractivity (Wildman–Crippen MR) is 95.2 cm³/mol. The first-order chi connectivity index (χ1) is 11.8. The molecule has 0 atom stereocenters. The summed E-state index contributed by atoms with van der Waals surface area (Å²) < 4.78 is 2.09. The van der Waals surface area contributed by atoms with Crippen molar-refractivity contribution < 1.29 is 4.79 Å². The van der Waals surface area contributed by atoms with Gasteiger partial charge in [-0.25, -0.2) is 0 Å². The van der Waals surface area contributed by atoms with E-state index in [1.807, 2.05) is 30.5 Å². The minimum atomic E-state index is 0.709. The van der Waals surface area contributed by atoms with Gasteiger partial charge in [-0.1, -0.05) is 6.08 Å². The first-order valence-corrected chi connectivity index (χ1v) is 7.99. The number of anilines is 1. The largest absolute Gasteiger partial charge is 0.329 e. The minimum Gasteiger partial charge on any atom is -0.329 e. The molecule has 0 fully saturated rings. The summed E-state index contributed by atoms with van der Waals surface area (Å²) in [4.78, 5) is 13.1. The van der Waals surface area contributed by atoms with Gasteiger partial charge in [0.15, 0.2) is 5.82 Å². The van der Waals surface area contributed by atoms with Crippen LogP contribution >= 0.6 is 0 Å². The molecule has 0 unspecified atom stereocenters. The van der Waals surface area contributed by atoms with E-state index in [-0.39, 0.29) is 0 Å². The summed E-state index contributed by atoms with van der Waals surface area (Å²) in [7, 11) is 2.13. The molecule has 0 aliphatic carbocycles. The van der Waals surface area contributed by atoms with Crippen LogP contribution in [0.25, 0.3) is 22.3 Å². The van der Waals surface area contributed by atoms with Crippen LogP contribution < -0.4 is 5.32 Å². The smallest absolute Gasteiger partial charge is 0.211 e. The van der Waals surface area contributed by atoms with Crippen molar-refractivity contribution in [3.05, 3.63) is 48.3 Å². The monoisotopic (exact) mass is 321 g/mol. The number of carbonyl (C=O) groups excluding carboxylic acids is 1. The zero-order chi connectivity index (χ0) is 16.5. The molecular weight excluding hydrogens is 302 g/mol. The third-order valence-corrected chi connectivity index (χ3v) is 4.52. The van der Waals surface area contributed by atoms with Crippen LogP contribution in [-0.4, -0.2) is 46.2 Å². The summed E-state index contributed by atoms with van der Waals surface area (Å²) in [5.41, 5.74) is 4.42. The molecule has 1 aliphatic rings. The number of hydrogen-bond donors (Lipinski definition) is 2. The predicted octanol–water partition coefficient (Wildman–Crippen LogP) is 2.64. The third-order valence-electron chi connectivity index (χ3n) is 4.52. The maximum atomic E-state index is 10.8. The Hall–Kier alpha value is -2.86. The third kappa shape index (κ3) is 2.51. The topological polar surface area (TPSA) is 66.0 Å². The lowest BCUT2D eigenvalue weighted by Gasteiger charge is -2.21. The number of likely N-dealkylation sites (N-methyl/N-ethyl adjacent to an activating group) is 1. The molecule has 0 radical (unpaired) electrons. The van der Waals surface area contributed by atoms with Crippen molar-refractivity contribution in [2.75, 3.05) is 25.5 Å². The fourth-order valence-corrected chi connectivity index (χ4v) is 3.24. The first kappa shape index (κ1) is 14.7. The molecule has 1 aliphatic heterocycles. The molecule has 4 rings (SSSR count). The highest BCUT2D eigenvalue weighted by Gasteiger charge is 2.17. The van der Waals surface area contributed by atoms with Gasteiger partial charge in [0.05, 0.1) is 5.52 Å². The number of nitrogens with one attached hydrogen (secondary N) is 2. The van der Waals surface area contributed by atoms with Gasteiger partial charge in [0.1, 0.15) is 0 Å². The standard InChI is InChI=1S/C18H19N5O/c1-22-8-5-13(6-9-22)16-11-23(18-4-7-20-21-18)17-3-2-14(19-12-24)10-15(16)17/h2-5,7,10-12H,6,8-9H2,1H3,(H,19,24)(H,20,21). The number of aromatic amines is 1. The SMILES string of the molecule is CN1CC=C(c2cn(-c3cc[nH]n3)c3ccc(NC=O)cc23)CC1. The summed E-state index contributed by atoms with van der Waals surface area (Å²) in [5.74, 6) is 0.857. The molecule has 6 nitrogen and oxygen atoms in total. The van der Waals surface area contributed by atoms with Crippen molar-refractivity contribution in [1.82, 2.24) is 19.7 Å². The maximum absolute atomic E-state index is 10.8. The lowest BCUT2D eigenvalue weighted by molar-refractivity contribution is -0.105. The van der Waals surface area contributed by atoms with Gasteiger partial charge < -0.3 is 10.2 Å². The van der Waals surface area contributed by atoms with Crippen molar-refractivity contribution in [2.24, 2.45) is 0 Å². The minimum absolute atomic E-state index is 0.709. The van der Waals surface area contributed by atoms with E-state index in [0.717, 1.165) is 41.9 Å². The molecule has 122 valence electrons. The lowest BCUT2D eigenvalue weighted by atomic mass is 9.99. The van der Waals surface area contributed by atoms with E-state index in [2.05, 4.69) is 44.3 Å². The van der Waals surface area contributed by atoms with Crippen LogP contribution in [0.5, 0.6) is 0 Å².